The topological polar surface area (TPSA) is 80.0 Å². The van der Waals surface area contributed by atoms with Crippen LogP contribution in [0.25, 0.3) is 0 Å². The summed E-state index contributed by atoms with van der Waals surface area (Å²) in [6.45, 7) is 2.37. The van der Waals surface area contributed by atoms with Crippen molar-refractivity contribution in [2.75, 3.05) is 11.9 Å². The average Bonchev–Trinajstić information content (AvgIpc) is 2.75. The first-order valence-corrected chi connectivity index (χ1v) is 5.99. The summed E-state index contributed by atoms with van der Waals surface area (Å²) >= 11 is 0. The van der Waals surface area contributed by atoms with Gasteiger partial charge in [0.2, 0.25) is 0 Å². The maximum absolute atomic E-state index is 11.2. The largest absolute Gasteiger partial charge is 0.478 e. The molecule has 6 nitrogen and oxygen atoms in total. The van der Waals surface area contributed by atoms with Crippen LogP contribution in [0.1, 0.15) is 21.6 Å². The van der Waals surface area contributed by atoms with Crippen LogP contribution in [0.4, 0.5) is 5.82 Å². The molecule has 19 heavy (non-hydrogen) atoms. The van der Waals surface area contributed by atoms with E-state index in [4.69, 9.17) is 0 Å². The zero-order valence-corrected chi connectivity index (χ0v) is 10.9. The van der Waals surface area contributed by atoms with Crippen LogP contribution in [0.2, 0.25) is 0 Å². The summed E-state index contributed by atoms with van der Waals surface area (Å²) in [6, 6.07) is 3.62. The second kappa shape index (κ2) is 5.51. The minimum atomic E-state index is -0.964. The molecule has 0 aliphatic rings. The van der Waals surface area contributed by atoms with Gasteiger partial charge in [-0.2, -0.15) is 5.10 Å². The second-order valence-corrected chi connectivity index (χ2v) is 4.28. The number of anilines is 1. The van der Waals surface area contributed by atoms with Crippen molar-refractivity contribution in [3.8, 4) is 0 Å². The summed E-state index contributed by atoms with van der Waals surface area (Å²) in [4.78, 5) is 15.3. The molecule has 6 heteroatoms. The molecule has 2 aromatic rings. The van der Waals surface area contributed by atoms with E-state index in [1.54, 1.807) is 30.1 Å². The number of aromatic carboxylic acids is 1. The number of carboxylic acids is 1. The van der Waals surface area contributed by atoms with Crippen LogP contribution in [-0.4, -0.2) is 32.4 Å². The van der Waals surface area contributed by atoms with E-state index in [9.17, 15) is 9.90 Å². The molecule has 0 bridgehead atoms. The van der Waals surface area contributed by atoms with Crippen molar-refractivity contribution in [2.45, 2.75) is 13.3 Å². The Bertz CT molecular complexity index is 592. The van der Waals surface area contributed by atoms with Gasteiger partial charge < -0.3 is 10.4 Å². The number of carboxylic acid groups (broad SMARTS) is 1. The van der Waals surface area contributed by atoms with Crippen LogP contribution in [0.15, 0.2) is 24.5 Å². The Morgan fingerprint density at radius 1 is 1.42 bits per heavy atom. The van der Waals surface area contributed by atoms with Crippen LogP contribution in [0.3, 0.4) is 0 Å². The van der Waals surface area contributed by atoms with Crippen LogP contribution in [0, 0.1) is 6.92 Å². The summed E-state index contributed by atoms with van der Waals surface area (Å²) in [5.41, 5.74) is 2.01. The molecule has 100 valence electrons. The summed E-state index contributed by atoms with van der Waals surface area (Å²) in [6.07, 6.45) is 4.10. The predicted molar refractivity (Wildman–Crippen MR) is 71.3 cm³/mol. The number of aryl methyl sites for hydroxylation is 2. The van der Waals surface area contributed by atoms with Crippen LogP contribution in [0.5, 0.6) is 0 Å². The lowest BCUT2D eigenvalue weighted by molar-refractivity contribution is 0.0697. The minimum Gasteiger partial charge on any atom is -0.478 e. The van der Waals surface area contributed by atoms with Crippen molar-refractivity contribution < 1.29 is 9.90 Å². The third kappa shape index (κ3) is 2.90. The highest BCUT2D eigenvalue weighted by Crippen LogP contribution is 2.16. The molecule has 2 rings (SSSR count). The lowest BCUT2D eigenvalue weighted by Crippen LogP contribution is -2.13. The molecule has 2 heterocycles. The Labute approximate surface area is 111 Å². The first-order chi connectivity index (χ1) is 9.09. The van der Waals surface area contributed by atoms with Gasteiger partial charge in [-0.3, -0.25) is 4.68 Å². The van der Waals surface area contributed by atoms with E-state index in [0.29, 0.717) is 17.9 Å². The number of carbonyl (C=O) groups is 1. The molecule has 0 unspecified atom stereocenters. The summed E-state index contributed by atoms with van der Waals surface area (Å²) < 4.78 is 1.80. The molecule has 0 aliphatic heterocycles. The number of rotatable bonds is 5. The van der Waals surface area contributed by atoms with Crippen LogP contribution in [-0.2, 0) is 13.5 Å². The monoisotopic (exact) mass is 260 g/mol. The molecule has 0 aliphatic carbocycles. The molecule has 0 aromatic carbocycles. The molecule has 0 spiro atoms. The molecule has 2 N–H and O–H groups in total. The quantitative estimate of drug-likeness (QED) is 0.851. The first-order valence-electron chi connectivity index (χ1n) is 5.99. The van der Waals surface area contributed by atoms with Gasteiger partial charge in [-0.05, 0) is 24.6 Å². The van der Waals surface area contributed by atoms with Crippen molar-refractivity contribution in [1.29, 1.82) is 0 Å². The SMILES string of the molecule is Cc1ccnc(NCCc2ccnn2C)c1C(=O)O. The third-order valence-corrected chi connectivity index (χ3v) is 2.97. The van der Waals surface area contributed by atoms with Crippen molar-refractivity contribution in [1.82, 2.24) is 14.8 Å². The Balaban J connectivity index is 2.06. The number of hydrogen-bond donors (Lipinski definition) is 2. The number of pyridine rings is 1. The standard InChI is InChI=1S/C13H16N4O2/c1-9-3-6-14-12(11(9)13(18)19)15-7-4-10-5-8-16-17(10)2/h3,5-6,8H,4,7H2,1-2H3,(H,14,15)(H,18,19). The van der Waals surface area contributed by atoms with Gasteiger partial charge in [0.15, 0.2) is 0 Å². The lowest BCUT2D eigenvalue weighted by atomic mass is 10.1. The van der Waals surface area contributed by atoms with E-state index in [1.165, 1.54) is 0 Å². The number of hydrogen-bond acceptors (Lipinski definition) is 4. The van der Waals surface area contributed by atoms with Crippen molar-refractivity contribution in [2.24, 2.45) is 7.05 Å². The van der Waals surface area contributed by atoms with E-state index < -0.39 is 5.97 Å². The summed E-state index contributed by atoms with van der Waals surface area (Å²) in [7, 11) is 1.88. The summed E-state index contributed by atoms with van der Waals surface area (Å²) in [5, 5.41) is 16.3. The van der Waals surface area contributed by atoms with Crippen molar-refractivity contribution in [3.63, 3.8) is 0 Å². The zero-order chi connectivity index (χ0) is 13.8. The fourth-order valence-electron chi connectivity index (χ4n) is 1.92. The Morgan fingerprint density at radius 2 is 2.21 bits per heavy atom. The van der Waals surface area contributed by atoms with E-state index in [-0.39, 0.29) is 5.56 Å². The smallest absolute Gasteiger partial charge is 0.339 e. The van der Waals surface area contributed by atoms with Crippen molar-refractivity contribution in [3.05, 3.63) is 41.3 Å². The predicted octanol–water partition coefficient (Wildman–Crippen LogP) is 1.48. The van der Waals surface area contributed by atoms with Gasteiger partial charge in [0.25, 0.3) is 0 Å². The maximum atomic E-state index is 11.2. The molecular weight excluding hydrogens is 244 g/mol. The Morgan fingerprint density at radius 3 is 2.84 bits per heavy atom. The minimum absolute atomic E-state index is 0.229. The van der Waals surface area contributed by atoms with Gasteiger partial charge in [-0.15, -0.1) is 0 Å². The van der Waals surface area contributed by atoms with Crippen molar-refractivity contribution >= 4 is 11.8 Å². The third-order valence-electron chi connectivity index (χ3n) is 2.97. The van der Waals surface area contributed by atoms with E-state index in [2.05, 4.69) is 15.4 Å². The molecule has 0 saturated heterocycles. The molecule has 0 atom stereocenters. The first kappa shape index (κ1) is 13.1. The number of nitrogens with zero attached hydrogens (tertiary/aromatic N) is 3. The Hall–Kier alpha value is -2.37. The molecule has 2 aromatic heterocycles. The van der Waals surface area contributed by atoms with Gasteiger partial charge in [-0.25, -0.2) is 9.78 Å². The van der Waals surface area contributed by atoms with E-state index in [0.717, 1.165) is 12.1 Å². The molecule has 0 amide bonds. The van der Waals surface area contributed by atoms with E-state index >= 15 is 0 Å². The van der Waals surface area contributed by atoms with Gasteiger partial charge >= 0.3 is 5.97 Å². The summed E-state index contributed by atoms with van der Waals surface area (Å²) in [5.74, 6) is -0.552. The zero-order valence-electron chi connectivity index (χ0n) is 10.9. The highest BCUT2D eigenvalue weighted by molar-refractivity contribution is 5.94. The van der Waals surface area contributed by atoms with Gasteiger partial charge in [0.05, 0.1) is 0 Å². The fraction of sp³-hybridized carbons (Fsp3) is 0.308. The lowest BCUT2D eigenvalue weighted by Gasteiger charge is -2.10. The van der Waals surface area contributed by atoms with E-state index in [1.807, 2.05) is 13.1 Å². The highest BCUT2D eigenvalue weighted by atomic mass is 16.4. The van der Waals surface area contributed by atoms with Gasteiger partial charge in [0.1, 0.15) is 11.4 Å². The Kier molecular flexibility index (Phi) is 3.79. The molecule has 0 saturated carbocycles. The molecular formula is C13H16N4O2. The molecule has 0 fully saturated rings. The van der Waals surface area contributed by atoms with Crippen LogP contribution < -0.4 is 5.32 Å². The second-order valence-electron chi connectivity index (χ2n) is 4.28. The number of nitrogens with one attached hydrogen (secondary N) is 1. The van der Waals surface area contributed by atoms with Gasteiger partial charge in [0, 0.05) is 38.1 Å². The molecule has 0 radical (unpaired) electrons. The fourth-order valence-corrected chi connectivity index (χ4v) is 1.92. The highest BCUT2D eigenvalue weighted by Gasteiger charge is 2.13. The number of aromatic nitrogens is 3. The van der Waals surface area contributed by atoms with Gasteiger partial charge in [-0.1, -0.05) is 0 Å². The normalized spacial score (nSPS) is 10.4. The maximum Gasteiger partial charge on any atom is 0.339 e. The average molecular weight is 260 g/mol. The van der Waals surface area contributed by atoms with Crippen LogP contribution >= 0.6 is 0 Å².